The van der Waals surface area contributed by atoms with Gasteiger partial charge in [0.2, 0.25) is 0 Å². The molecule has 7 heteroatoms. The SMILES string of the molecule is C=CCOc1cc(OCCCC)c([C@@H]2O[C@H](COCCCC)C[C@H](OCCCC)[C@H]2OCCCC)cc1C(C)(C)c1cc2ccccc2s1. The van der Waals surface area contributed by atoms with Crippen LogP contribution in [0.25, 0.3) is 10.1 Å². The van der Waals surface area contributed by atoms with Crippen LogP contribution in [0.3, 0.4) is 0 Å². The third-order valence-corrected chi connectivity index (χ3v) is 10.8. The van der Waals surface area contributed by atoms with Crippen LogP contribution in [0.1, 0.15) is 121 Å². The molecule has 0 unspecified atom stereocenters. The van der Waals surface area contributed by atoms with Gasteiger partial charge in [0.1, 0.15) is 30.3 Å². The smallest absolute Gasteiger partial charge is 0.128 e. The van der Waals surface area contributed by atoms with Crippen LogP contribution in [0.2, 0.25) is 0 Å². The summed E-state index contributed by atoms with van der Waals surface area (Å²) in [6, 6.07) is 15.3. The monoisotopic (exact) mass is 694 g/mol. The second-order valence-corrected chi connectivity index (χ2v) is 14.8. The van der Waals surface area contributed by atoms with Gasteiger partial charge >= 0.3 is 0 Å². The van der Waals surface area contributed by atoms with Crippen molar-refractivity contribution in [2.45, 2.75) is 129 Å². The predicted octanol–water partition coefficient (Wildman–Crippen LogP) is 11.0. The fraction of sp³-hybridized carbons (Fsp3) is 0.619. The second kappa shape index (κ2) is 20.4. The Hall–Kier alpha value is -2.42. The molecule has 1 aliphatic heterocycles. The lowest BCUT2D eigenvalue weighted by Crippen LogP contribution is -2.48. The van der Waals surface area contributed by atoms with E-state index >= 15 is 0 Å². The summed E-state index contributed by atoms with van der Waals surface area (Å²) in [6.45, 7) is 20.9. The van der Waals surface area contributed by atoms with Gasteiger partial charge in [-0.3, -0.25) is 0 Å². The number of benzene rings is 2. The highest BCUT2D eigenvalue weighted by Gasteiger charge is 2.43. The largest absolute Gasteiger partial charge is 0.493 e. The zero-order valence-corrected chi connectivity index (χ0v) is 31.9. The summed E-state index contributed by atoms with van der Waals surface area (Å²) >= 11 is 1.83. The molecule has 1 saturated heterocycles. The molecule has 2 aromatic carbocycles. The standard InChI is InChI=1S/C42H62O6S/c1-8-13-22-43-30-32-27-37(46-24-15-10-3)41(47-25-16-11-4)40(48-32)33-28-34(36(44-21-12-5)29-35(33)45-23-14-9-2)42(6,7)39-26-31-19-17-18-20-38(31)49-39/h12,17-20,26,28-29,32,37,40-41H,5,8-11,13-16,21-25,27,30H2,1-4,6-7H3/t32-,37-,40-,41+/m0/s1. The molecular formula is C42H62O6S. The fourth-order valence-corrected chi connectivity index (χ4v) is 7.46. The van der Waals surface area contributed by atoms with Crippen molar-refractivity contribution in [3.05, 3.63) is 71.1 Å². The molecule has 0 N–H and O–H groups in total. The summed E-state index contributed by atoms with van der Waals surface area (Å²) in [6.07, 6.45) is 9.84. The highest BCUT2D eigenvalue weighted by atomic mass is 32.1. The van der Waals surface area contributed by atoms with Crippen LogP contribution in [0, 0.1) is 0 Å². The topological polar surface area (TPSA) is 55.4 Å². The molecule has 0 spiro atoms. The van der Waals surface area contributed by atoms with Crippen LogP contribution < -0.4 is 9.47 Å². The lowest BCUT2D eigenvalue weighted by atomic mass is 9.80. The maximum atomic E-state index is 7.06. The van der Waals surface area contributed by atoms with E-state index in [9.17, 15) is 0 Å². The lowest BCUT2D eigenvalue weighted by molar-refractivity contribution is -0.213. The summed E-state index contributed by atoms with van der Waals surface area (Å²) in [7, 11) is 0. The van der Waals surface area contributed by atoms with Crippen molar-refractivity contribution in [3.8, 4) is 11.5 Å². The second-order valence-electron chi connectivity index (χ2n) is 13.8. The molecule has 4 atom stereocenters. The molecule has 4 rings (SSSR count). The lowest BCUT2D eigenvalue weighted by Gasteiger charge is -2.42. The Morgan fingerprint density at radius 3 is 2.24 bits per heavy atom. The van der Waals surface area contributed by atoms with E-state index in [0.717, 1.165) is 87.0 Å². The Balaban J connectivity index is 1.86. The van der Waals surface area contributed by atoms with E-state index in [0.29, 0.717) is 33.0 Å². The van der Waals surface area contributed by atoms with Crippen LogP contribution >= 0.6 is 11.3 Å². The van der Waals surface area contributed by atoms with Gasteiger partial charge in [0, 0.05) is 58.4 Å². The third-order valence-electron chi connectivity index (χ3n) is 9.33. The van der Waals surface area contributed by atoms with Gasteiger partial charge in [-0.1, -0.05) is 98.1 Å². The van der Waals surface area contributed by atoms with Crippen LogP contribution in [0.4, 0.5) is 0 Å². The number of hydrogen-bond donors (Lipinski definition) is 0. The van der Waals surface area contributed by atoms with Gasteiger partial charge in [-0.15, -0.1) is 11.3 Å². The molecule has 6 nitrogen and oxygen atoms in total. The van der Waals surface area contributed by atoms with Crippen molar-refractivity contribution in [2.75, 3.05) is 39.6 Å². The molecule has 0 saturated carbocycles. The highest BCUT2D eigenvalue weighted by molar-refractivity contribution is 7.19. The number of fused-ring (bicyclic) bond motifs is 1. The van der Waals surface area contributed by atoms with Gasteiger partial charge in [-0.05, 0) is 49.3 Å². The Morgan fingerprint density at radius 1 is 0.837 bits per heavy atom. The third kappa shape index (κ3) is 10.8. The van der Waals surface area contributed by atoms with Crippen molar-refractivity contribution >= 4 is 21.4 Å². The molecule has 3 aromatic rings. The van der Waals surface area contributed by atoms with Gasteiger partial charge in [-0.2, -0.15) is 0 Å². The molecule has 0 aliphatic carbocycles. The summed E-state index contributed by atoms with van der Waals surface area (Å²) in [5.41, 5.74) is 1.69. The Kier molecular flexibility index (Phi) is 16.4. The molecule has 0 amide bonds. The fourth-order valence-electron chi connectivity index (χ4n) is 6.28. The van der Waals surface area contributed by atoms with Gasteiger partial charge in [0.05, 0.1) is 25.4 Å². The minimum absolute atomic E-state index is 0.124. The summed E-state index contributed by atoms with van der Waals surface area (Å²) in [4.78, 5) is 1.27. The number of hydrogen-bond acceptors (Lipinski definition) is 7. The Bertz CT molecular complexity index is 1370. The molecule has 1 fully saturated rings. The van der Waals surface area contributed by atoms with Crippen molar-refractivity contribution in [1.29, 1.82) is 0 Å². The summed E-state index contributed by atoms with van der Waals surface area (Å²) in [5, 5.41) is 1.25. The van der Waals surface area contributed by atoms with Gasteiger partial charge in [0.25, 0.3) is 0 Å². The first-order chi connectivity index (χ1) is 23.9. The van der Waals surface area contributed by atoms with E-state index in [1.165, 1.54) is 15.0 Å². The average Bonchev–Trinajstić information content (AvgIpc) is 3.56. The minimum atomic E-state index is -0.404. The first-order valence-electron chi connectivity index (χ1n) is 18.9. The van der Waals surface area contributed by atoms with Crippen molar-refractivity contribution in [1.82, 2.24) is 0 Å². The van der Waals surface area contributed by atoms with Gasteiger partial charge < -0.3 is 28.4 Å². The summed E-state index contributed by atoms with van der Waals surface area (Å²) < 4.78 is 41.0. The summed E-state index contributed by atoms with van der Waals surface area (Å²) in [5.74, 6) is 1.57. The van der Waals surface area contributed by atoms with E-state index < -0.39 is 6.10 Å². The van der Waals surface area contributed by atoms with Crippen molar-refractivity contribution < 1.29 is 28.4 Å². The number of ether oxygens (including phenoxy) is 6. The average molecular weight is 695 g/mol. The Morgan fingerprint density at radius 2 is 1.53 bits per heavy atom. The maximum Gasteiger partial charge on any atom is 0.128 e. The van der Waals surface area contributed by atoms with Crippen LogP contribution in [0.15, 0.2) is 55.1 Å². The number of thiophene rings is 1. The van der Waals surface area contributed by atoms with E-state index in [1.54, 1.807) is 6.08 Å². The molecule has 49 heavy (non-hydrogen) atoms. The zero-order chi connectivity index (χ0) is 35.1. The van der Waals surface area contributed by atoms with E-state index in [1.807, 2.05) is 11.3 Å². The molecule has 0 bridgehead atoms. The molecule has 0 radical (unpaired) electrons. The number of rotatable bonds is 23. The minimum Gasteiger partial charge on any atom is -0.493 e. The van der Waals surface area contributed by atoms with Crippen molar-refractivity contribution in [3.63, 3.8) is 0 Å². The van der Waals surface area contributed by atoms with Crippen LogP contribution in [0.5, 0.6) is 11.5 Å². The number of unbranched alkanes of at least 4 members (excludes halogenated alkanes) is 4. The highest BCUT2D eigenvalue weighted by Crippen LogP contribution is 2.48. The molecule has 1 aromatic heterocycles. The first-order valence-corrected chi connectivity index (χ1v) is 19.7. The molecule has 272 valence electrons. The van der Waals surface area contributed by atoms with Crippen LogP contribution in [-0.4, -0.2) is 58.0 Å². The first kappa shape index (κ1) is 39.4. The van der Waals surface area contributed by atoms with Crippen molar-refractivity contribution in [2.24, 2.45) is 0 Å². The molecule has 1 aliphatic rings. The van der Waals surface area contributed by atoms with E-state index in [-0.39, 0.29) is 23.7 Å². The van der Waals surface area contributed by atoms with Crippen LogP contribution in [-0.2, 0) is 24.4 Å². The van der Waals surface area contributed by atoms with E-state index in [4.69, 9.17) is 28.4 Å². The predicted molar refractivity (Wildman–Crippen MR) is 204 cm³/mol. The zero-order valence-electron chi connectivity index (χ0n) is 31.1. The molecular weight excluding hydrogens is 633 g/mol. The quantitative estimate of drug-likeness (QED) is 0.0727. The molecule has 2 heterocycles. The van der Waals surface area contributed by atoms with Gasteiger partial charge in [-0.25, -0.2) is 0 Å². The normalized spacial score (nSPS) is 19.7. The van der Waals surface area contributed by atoms with E-state index in [2.05, 4.69) is 90.6 Å². The Labute approximate surface area is 300 Å². The van der Waals surface area contributed by atoms with Gasteiger partial charge in [0.15, 0.2) is 0 Å². The maximum absolute atomic E-state index is 7.06.